The summed E-state index contributed by atoms with van der Waals surface area (Å²) in [7, 11) is 0. The van der Waals surface area contributed by atoms with Crippen LogP contribution in [0, 0.1) is 0 Å². The Balaban J connectivity index is 1.55. The first-order valence-electron chi connectivity index (χ1n) is 10.4. The second-order valence-corrected chi connectivity index (χ2v) is 9.34. The Bertz CT molecular complexity index is 1190. The molecule has 2 aliphatic rings. The van der Waals surface area contributed by atoms with Crippen molar-refractivity contribution in [3.8, 4) is 0 Å². The summed E-state index contributed by atoms with van der Waals surface area (Å²) in [5, 5.41) is 21.9. The first kappa shape index (κ1) is 22.9. The van der Waals surface area contributed by atoms with Crippen LogP contribution in [0.3, 0.4) is 0 Å². The van der Waals surface area contributed by atoms with Crippen LogP contribution in [-0.4, -0.2) is 55.5 Å². The van der Waals surface area contributed by atoms with Crippen molar-refractivity contribution in [2.75, 3.05) is 6.61 Å². The van der Waals surface area contributed by atoms with Crippen molar-refractivity contribution >= 4 is 34.2 Å². The number of aliphatic hydroxyl groups is 2. The zero-order valence-electron chi connectivity index (χ0n) is 17.7. The molecule has 0 radical (unpaired) electrons. The van der Waals surface area contributed by atoms with Gasteiger partial charge in [-0.15, -0.1) is 0 Å². The Morgan fingerprint density at radius 3 is 2.67 bits per heavy atom. The van der Waals surface area contributed by atoms with Crippen LogP contribution >= 0.6 is 23.2 Å². The molecule has 0 saturated carbocycles. The second-order valence-electron chi connectivity index (χ2n) is 8.55. The molecule has 2 N–H and O–H groups in total. The highest BCUT2D eigenvalue weighted by Crippen LogP contribution is 2.48. The fourth-order valence-corrected chi connectivity index (χ4v) is 4.96. The van der Waals surface area contributed by atoms with Gasteiger partial charge in [-0.3, -0.25) is 0 Å². The minimum Gasteiger partial charge on any atom is -0.393 e. The van der Waals surface area contributed by atoms with Crippen LogP contribution in [-0.2, 0) is 14.2 Å². The van der Waals surface area contributed by atoms with E-state index in [0.29, 0.717) is 16.2 Å². The van der Waals surface area contributed by atoms with Crippen molar-refractivity contribution in [3.63, 3.8) is 0 Å². The van der Waals surface area contributed by atoms with Gasteiger partial charge in [-0.2, -0.15) is 0 Å². The number of benzene rings is 1. The van der Waals surface area contributed by atoms with Gasteiger partial charge in [0.2, 0.25) is 0 Å². The van der Waals surface area contributed by atoms with Crippen molar-refractivity contribution < 1.29 is 28.8 Å². The fourth-order valence-electron chi connectivity index (χ4n) is 4.59. The van der Waals surface area contributed by atoms with E-state index in [2.05, 4.69) is 9.97 Å². The Hall–Kier alpha value is -1.85. The second kappa shape index (κ2) is 8.42. The molecule has 176 valence electrons. The maximum absolute atomic E-state index is 14.5. The summed E-state index contributed by atoms with van der Waals surface area (Å²) in [6, 6.07) is 6.23. The van der Waals surface area contributed by atoms with Crippen molar-refractivity contribution in [1.29, 1.82) is 0 Å². The van der Waals surface area contributed by atoms with Gasteiger partial charge in [-0.1, -0.05) is 29.3 Å². The van der Waals surface area contributed by atoms with Crippen molar-refractivity contribution in [2.24, 2.45) is 0 Å². The minimum absolute atomic E-state index is 0.0882. The van der Waals surface area contributed by atoms with E-state index in [9.17, 15) is 14.6 Å². The largest absolute Gasteiger partial charge is 0.393 e. The lowest BCUT2D eigenvalue weighted by atomic mass is 9.93. The molecule has 5 rings (SSSR count). The molecule has 2 saturated heterocycles. The van der Waals surface area contributed by atoms with Gasteiger partial charge in [0, 0.05) is 11.2 Å². The molecule has 0 spiro atoms. The van der Waals surface area contributed by atoms with Crippen LogP contribution in [0.25, 0.3) is 11.0 Å². The normalized spacial score (nSPS) is 28.2. The zero-order chi connectivity index (χ0) is 23.5. The van der Waals surface area contributed by atoms with E-state index < -0.39 is 49.2 Å². The number of fused-ring (bicyclic) bond motifs is 2. The lowest BCUT2D eigenvalue weighted by molar-refractivity contribution is -0.207. The molecule has 0 aliphatic carbocycles. The number of rotatable bonds is 5. The van der Waals surface area contributed by atoms with E-state index in [0.717, 1.165) is 0 Å². The molecule has 11 heteroatoms. The van der Waals surface area contributed by atoms with Gasteiger partial charge in [0.05, 0.1) is 12.0 Å². The Morgan fingerprint density at radius 1 is 1.15 bits per heavy atom. The number of halogens is 3. The predicted octanol–water partition coefficient (Wildman–Crippen LogP) is 3.89. The summed E-state index contributed by atoms with van der Waals surface area (Å²) < 4.78 is 34.8. The van der Waals surface area contributed by atoms with E-state index in [1.54, 1.807) is 36.7 Å². The van der Waals surface area contributed by atoms with E-state index in [1.165, 1.54) is 18.5 Å². The van der Waals surface area contributed by atoms with Gasteiger partial charge in [-0.05, 0) is 43.2 Å². The van der Waals surface area contributed by atoms with Gasteiger partial charge in [0.15, 0.2) is 12.0 Å². The molecule has 4 heterocycles. The maximum Gasteiger partial charge on any atom is 0.164 e. The molecule has 3 aromatic rings. The number of aliphatic hydroxyl groups excluding tert-OH is 2. The van der Waals surface area contributed by atoms with E-state index in [-0.39, 0.29) is 16.1 Å². The van der Waals surface area contributed by atoms with Crippen LogP contribution in [0.1, 0.15) is 43.5 Å². The summed E-state index contributed by atoms with van der Waals surface area (Å²) in [6.07, 6.45) is -2.73. The molecule has 2 aromatic heterocycles. The highest BCUT2D eigenvalue weighted by Gasteiger charge is 2.58. The first-order valence-corrected chi connectivity index (χ1v) is 11.2. The summed E-state index contributed by atoms with van der Waals surface area (Å²) >= 11 is 12.2. The molecule has 1 aromatic carbocycles. The van der Waals surface area contributed by atoms with Crippen molar-refractivity contribution in [1.82, 2.24) is 14.5 Å². The lowest BCUT2D eigenvalue weighted by Gasteiger charge is -2.28. The molecule has 0 bridgehead atoms. The van der Waals surface area contributed by atoms with Crippen molar-refractivity contribution in [3.05, 3.63) is 58.1 Å². The molecule has 8 nitrogen and oxygen atoms in total. The Morgan fingerprint density at radius 2 is 1.91 bits per heavy atom. The number of nitrogens with zero attached hydrogens (tertiary/aromatic N) is 3. The maximum atomic E-state index is 14.5. The summed E-state index contributed by atoms with van der Waals surface area (Å²) in [4.78, 5) is 8.32. The Labute approximate surface area is 198 Å². The number of ether oxygens (including phenoxy) is 3. The zero-order valence-corrected chi connectivity index (χ0v) is 19.2. The quantitative estimate of drug-likeness (QED) is 0.515. The molecular weight excluding hydrogens is 476 g/mol. The van der Waals surface area contributed by atoms with Crippen LogP contribution in [0.4, 0.5) is 4.39 Å². The van der Waals surface area contributed by atoms with Gasteiger partial charge < -0.3 is 29.0 Å². The molecule has 6 atom stereocenters. The van der Waals surface area contributed by atoms with Crippen LogP contribution < -0.4 is 0 Å². The van der Waals surface area contributed by atoms with Gasteiger partial charge in [0.1, 0.15) is 47.7 Å². The molecule has 0 amide bonds. The highest BCUT2D eigenvalue weighted by molar-refractivity contribution is 6.33. The SMILES string of the molecule is CC1(C)O[C@@H]2[C@@H]([C@H](O)c3ccc(Cl)cc3C(F)CO)OC(n3ccc4c(Cl)ncnc43)[C@@H]2O1. The average Bonchev–Trinajstić information content (AvgIpc) is 3.43. The Kier molecular flexibility index (Phi) is 5.85. The van der Waals surface area contributed by atoms with Crippen LogP contribution in [0.15, 0.2) is 36.8 Å². The molecule has 33 heavy (non-hydrogen) atoms. The van der Waals surface area contributed by atoms with Crippen LogP contribution in [0.5, 0.6) is 0 Å². The first-order chi connectivity index (χ1) is 15.7. The molecule has 2 aliphatic heterocycles. The van der Waals surface area contributed by atoms with Gasteiger partial charge in [-0.25, -0.2) is 14.4 Å². The summed E-state index contributed by atoms with van der Waals surface area (Å²) in [5.41, 5.74) is 0.880. The third kappa shape index (κ3) is 3.91. The third-order valence-corrected chi connectivity index (χ3v) is 6.51. The molecular formula is C22H22Cl2FN3O5. The van der Waals surface area contributed by atoms with E-state index in [4.69, 9.17) is 37.4 Å². The van der Waals surface area contributed by atoms with E-state index in [1.807, 2.05) is 0 Å². The standard InChI is InChI=1S/C22H22Cl2FN3O5/c1-22(2)32-17-16(15(30)11-4-3-10(23)7-13(11)14(25)8-29)31-21(18(17)33-22)28-6-5-12-19(24)26-9-27-20(12)28/h3-7,9,14-18,21,29-30H,8H2,1-2H3/t14?,15-,16-,17-,18-,21?/m1/s1. The van der Waals surface area contributed by atoms with E-state index >= 15 is 0 Å². The van der Waals surface area contributed by atoms with Crippen molar-refractivity contribution in [2.45, 2.75) is 56.5 Å². The topological polar surface area (TPSA) is 98.9 Å². The number of hydrogen-bond donors (Lipinski definition) is 2. The molecule has 2 unspecified atom stereocenters. The smallest absolute Gasteiger partial charge is 0.164 e. The number of alkyl halides is 1. The summed E-state index contributed by atoms with van der Waals surface area (Å²) in [6.45, 7) is 2.80. The fraction of sp³-hybridized carbons (Fsp3) is 0.455. The monoisotopic (exact) mass is 497 g/mol. The average molecular weight is 498 g/mol. The number of aromatic nitrogens is 3. The van der Waals surface area contributed by atoms with Crippen LogP contribution in [0.2, 0.25) is 10.2 Å². The third-order valence-electron chi connectivity index (χ3n) is 5.98. The minimum atomic E-state index is -1.72. The number of hydrogen-bond acceptors (Lipinski definition) is 7. The highest BCUT2D eigenvalue weighted by atomic mass is 35.5. The molecule has 2 fully saturated rings. The predicted molar refractivity (Wildman–Crippen MR) is 118 cm³/mol. The lowest BCUT2D eigenvalue weighted by Crippen LogP contribution is -2.34. The van der Waals surface area contributed by atoms with Gasteiger partial charge >= 0.3 is 0 Å². The van der Waals surface area contributed by atoms with Gasteiger partial charge in [0.25, 0.3) is 0 Å². The summed E-state index contributed by atoms with van der Waals surface area (Å²) in [5.74, 6) is -0.929.